The molecule has 4 nitrogen and oxygen atoms in total. The van der Waals surface area contributed by atoms with Gasteiger partial charge in [0.1, 0.15) is 0 Å². The van der Waals surface area contributed by atoms with Gasteiger partial charge in [-0.25, -0.2) is 0 Å². The molecule has 0 spiro atoms. The first-order valence-electron chi connectivity index (χ1n) is 29.4. The molecule has 0 aromatic rings. The quantitative estimate of drug-likeness (QED) is 0.0421. The molecule has 2 unspecified atom stereocenters. The fraction of sp³-hybridized carbons (Fsp3) is 0.852. The van der Waals surface area contributed by atoms with Crippen molar-refractivity contribution in [1.29, 1.82) is 0 Å². The van der Waals surface area contributed by atoms with Crippen molar-refractivity contribution in [3.63, 3.8) is 0 Å². The Morgan fingerprint density at radius 2 is 0.600 bits per heavy atom. The average Bonchev–Trinajstić information content (AvgIpc) is 3.31. The normalized spacial score (nSPS) is 13.1. The molecule has 0 aliphatic heterocycles. The van der Waals surface area contributed by atoms with Crippen LogP contribution in [0.2, 0.25) is 0 Å². The van der Waals surface area contributed by atoms with Crippen molar-refractivity contribution in [1.82, 2.24) is 5.32 Å². The zero-order chi connectivity index (χ0) is 47.0. The van der Waals surface area contributed by atoms with E-state index in [0.717, 1.165) is 38.5 Å². The molecule has 65 heavy (non-hydrogen) atoms. The van der Waals surface area contributed by atoms with Crippen LogP contribution in [0.1, 0.15) is 316 Å². The molecule has 4 heteroatoms. The highest BCUT2D eigenvalue weighted by molar-refractivity contribution is 5.76. The van der Waals surface area contributed by atoms with Crippen molar-refractivity contribution in [2.45, 2.75) is 328 Å². The van der Waals surface area contributed by atoms with Crippen LogP contribution in [0.4, 0.5) is 0 Å². The van der Waals surface area contributed by atoms with Gasteiger partial charge < -0.3 is 15.5 Å². The highest BCUT2D eigenvalue weighted by Gasteiger charge is 2.18. The number of hydrogen-bond donors (Lipinski definition) is 3. The number of carbonyl (C=O) groups is 1. The van der Waals surface area contributed by atoms with Crippen molar-refractivity contribution in [2.75, 3.05) is 6.61 Å². The van der Waals surface area contributed by atoms with Gasteiger partial charge in [-0.15, -0.1) is 0 Å². The highest BCUT2D eigenvalue weighted by Crippen LogP contribution is 2.17. The van der Waals surface area contributed by atoms with E-state index in [9.17, 15) is 15.0 Å². The van der Waals surface area contributed by atoms with Crippen LogP contribution in [0, 0.1) is 0 Å². The predicted octanol–water partition coefficient (Wildman–Crippen LogP) is 19.4. The van der Waals surface area contributed by atoms with Crippen LogP contribution in [0.25, 0.3) is 0 Å². The van der Waals surface area contributed by atoms with Crippen LogP contribution >= 0.6 is 0 Å². The molecule has 0 saturated carbocycles. The van der Waals surface area contributed by atoms with Gasteiger partial charge in [0.2, 0.25) is 5.91 Å². The molecule has 0 aliphatic carbocycles. The summed E-state index contributed by atoms with van der Waals surface area (Å²) >= 11 is 0. The lowest BCUT2D eigenvalue weighted by Gasteiger charge is -2.19. The van der Waals surface area contributed by atoms with E-state index in [1.165, 1.54) is 257 Å². The minimum Gasteiger partial charge on any atom is -0.394 e. The molecular formula is C61H115NO3. The third kappa shape index (κ3) is 53.2. The summed E-state index contributed by atoms with van der Waals surface area (Å²) in [6.45, 7) is 4.32. The zero-order valence-corrected chi connectivity index (χ0v) is 44.0. The fourth-order valence-corrected chi connectivity index (χ4v) is 9.03. The number of allylic oxidation sites excluding steroid dienone is 7. The van der Waals surface area contributed by atoms with Gasteiger partial charge >= 0.3 is 0 Å². The summed E-state index contributed by atoms with van der Waals surface area (Å²) in [5, 5.41) is 23.2. The molecule has 0 bridgehead atoms. The van der Waals surface area contributed by atoms with Crippen molar-refractivity contribution >= 4 is 5.91 Å². The summed E-state index contributed by atoms with van der Waals surface area (Å²) in [5.41, 5.74) is 0. The lowest BCUT2D eigenvalue weighted by atomic mass is 10.0. The maximum atomic E-state index is 12.5. The Kier molecular flexibility index (Phi) is 55.2. The molecular weight excluding hydrogens is 795 g/mol. The van der Waals surface area contributed by atoms with Gasteiger partial charge in [0, 0.05) is 6.42 Å². The topological polar surface area (TPSA) is 69.6 Å². The molecule has 0 rings (SSSR count). The second-order valence-corrected chi connectivity index (χ2v) is 20.0. The van der Waals surface area contributed by atoms with E-state index in [0.29, 0.717) is 6.42 Å². The monoisotopic (exact) mass is 910 g/mol. The van der Waals surface area contributed by atoms with Crippen LogP contribution in [0.3, 0.4) is 0 Å². The van der Waals surface area contributed by atoms with Gasteiger partial charge in [0.15, 0.2) is 0 Å². The Morgan fingerprint density at radius 1 is 0.354 bits per heavy atom. The Balaban J connectivity index is 3.54. The lowest BCUT2D eigenvalue weighted by Crippen LogP contribution is -2.45. The highest BCUT2D eigenvalue weighted by atomic mass is 16.3. The van der Waals surface area contributed by atoms with Gasteiger partial charge in [-0.2, -0.15) is 0 Å². The molecule has 3 N–H and O–H groups in total. The summed E-state index contributed by atoms with van der Waals surface area (Å²) in [7, 11) is 0. The number of amides is 1. The summed E-state index contributed by atoms with van der Waals surface area (Å²) in [5.74, 6) is -0.0757. The first-order chi connectivity index (χ1) is 32.2. The number of carbonyl (C=O) groups excluding carboxylic acids is 1. The van der Waals surface area contributed by atoms with Gasteiger partial charge in [-0.3, -0.25) is 4.79 Å². The first kappa shape index (κ1) is 63.4. The molecule has 0 aromatic heterocycles. The lowest BCUT2D eigenvalue weighted by molar-refractivity contribution is -0.123. The molecule has 0 saturated heterocycles. The van der Waals surface area contributed by atoms with Crippen molar-refractivity contribution in [3.05, 3.63) is 48.6 Å². The van der Waals surface area contributed by atoms with Crippen LogP contribution in [-0.2, 0) is 4.79 Å². The molecule has 0 aliphatic rings. The number of nitrogens with one attached hydrogen (secondary N) is 1. The molecule has 382 valence electrons. The van der Waals surface area contributed by atoms with E-state index < -0.39 is 12.1 Å². The summed E-state index contributed by atoms with van der Waals surface area (Å²) < 4.78 is 0. The zero-order valence-electron chi connectivity index (χ0n) is 44.0. The van der Waals surface area contributed by atoms with Crippen LogP contribution in [0.5, 0.6) is 0 Å². The van der Waals surface area contributed by atoms with Crippen molar-refractivity contribution in [3.8, 4) is 0 Å². The van der Waals surface area contributed by atoms with Gasteiger partial charge in [-0.1, -0.05) is 287 Å². The van der Waals surface area contributed by atoms with Crippen molar-refractivity contribution in [2.24, 2.45) is 0 Å². The Morgan fingerprint density at radius 3 is 0.892 bits per heavy atom. The molecule has 0 radical (unpaired) electrons. The summed E-state index contributed by atoms with van der Waals surface area (Å²) in [6, 6.07) is -0.647. The van der Waals surface area contributed by atoms with E-state index in [-0.39, 0.29) is 12.5 Å². The molecule has 0 heterocycles. The van der Waals surface area contributed by atoms with E-state index in [1.807, 2.05) is 6.08 Å². The maximum Gasteiger partial charge on any atom is 0.220 e. The Hall–Kier alpha value is -1.65. The average molecular weight is 911 g/mol. The Bertz CT molecular complexity index is 1030. The number of rotatable bonds is 54. The van der Waals surface area contributed by atoms with Gasteiger partial charge in [0.05, 0.1) is 18.8 Å². The van der Waals surface area contributed by atoms with Crippen LogP contribution in [-0.4, -0.2) is 34.9 Å². The predicted molar refractivity (Wildman–Crippen MR) is 290 cm³/mol. The second-order valence-electron chi connectivity index (χ2n) is 20.0. The third-order valence-corrected chi connectivity index (χ3v) is 13.5. The van der Waals surface area contributed by atoms with E-state index in [1.54, 1.807) is 6.08 Å². The fourth-order valence-electron chi connectivity index (χ4n) is 9.03. The number of hydrogen-bond acceptors (Lipinski definition) is 3. The minimum atomic E-state index is -0.872. The Labute approximate surface area is 407 Å². The largest absolute Gasteiger partial charge is 0.394 e. The standard InChI is InChI=1S/C61H115NO3/c1-3-5-7-9-11-13-15-17-19-21-23-25-27-28-29-30-31-32-33-35-36-38-40-42-44-46-48-50-52-54-56-60(64)59(58-63)62-61(65)57-55-53-51-49-47-45-43-41-39-37-34-26-24-22-20-18-16-14-12-10-8-6-4-2/h22,24,38,40,46,48,54,56,59-60,63-64H,3-21,23,25-37,39,41-45,47,49-53,55,57-58H2,1-2H3,(H,62,65)/b24-22-,40-38+,48-46+,56-54+. The summed E-state index contributed by atoms with van der Waals surface area (Å²) in [6.07, 6.45) is 78.6. The second kappa shape index (κ2) is 56.7. The third-order valence-electron chi connectivity index (χ3n) is 13.5. The number of aliphatic hydroxyl groups excluding tert-OH is 2. The molecule has 1 amide bonds. The number of aliphatic hydroxyl groups is 2. The van der Waals surface area contributed by atoms with E-state index >= 15 is 0 Å². The van der Waals surface area contributed by atoms with E-state index in [4.69, 9.17) is 0 Å². The van der Waals surface area contributed by atoms with E-state index in [2.05, 4.69) is 55.6 Å². The minimum absolute atomic E-state index is 0.0757. The SMILES string of the molecule is CCCCCCCCCC/C=C\CCCCCCCCCCCCCC(=O)NC(CO)C(O)/C=C/CC/C=C/CC/C=C/CCCCCCCCCCCCCCCCCCCCCC. The molecule has 0 fully saturated rings. The molecule has 2 atom stereocenters. The van der Waals surface area contributed by atoms with Gasteiger partial charge in [0.25, 0.3) is 0 Å². The maximum absolute atomic E-state index is 12.5. The smallest absolute Gasteiger partial charge is 0.220 e. The van der Waals surface area contributed by atoms with Gasteiger partial charge in [-0.05, 0) is 70.6 Å². The van der Waals surface area contributed by atoms with Crippen LogP contribution < -0.4 is 5.32 Å². The first-order valence-corrected chi connectivity index (χ1v) is 29.4. The summed E-state index contributed by atoms with van der Waals surface area (Å²) in [4.78, 5) is 12.5. The molecule has 0 aromatic carbocycles. The van der Waals surface area contributed by atoms with Crippen molar-refractivity contribution < 1.29 is 15.0 Å². The van der Waals surface area contributed by atoms with Crippen LogP contribution in [0.15, 0.2) is 48.6 Å². The number of unbranched alkanes of at least 4 members (excludes halogenated alkanes) is 41.